The number of ether oxygens (including phenoxy) is 1. The zero-order chi connectivity index (χ0) is 19.5. The molecule has 0 bridgehead atoms. The molecule has 1 atom stereocenters. The highest BCUT2D eigenvalue weighted by Gasteiger charge is 2.28. The summed E-state index contributed by atoms with van der Waals surface area (Å²) in [5.74, 6) is -3.21. The summed E-state index contributed by atoms with van der Waals surface area (Å²) in [5.41, 5.74) is 3.72. The van der Waals surface area contributed by atoms with Gasteiger partial charge >= 0.3 is 12.1 Å². The first-order valence-corrected chi connectivity index (χ1v) is 7.21. The first-order valence-electron chi connectivity index (χ1n) is 7.21. The van der Waals surface area contributed by atoms with E-state index in [-0.39, 0.29) is 23.7 Å². The molecule has 25 heavy (non-hydrogen) atoms. The predicted octanol–water partition coefficient (Wildman–Crippen LogP) is -0.110. The molecule has 1 aromatic heterocycles. The fourth-order valence-electron chi connectivity index (χ4n) is 1.61. The van der Waals surface area contributed by atoms with Crippen LogP contribution in [-0.4, -0.2) is 42.0 Å². The van der Waals surface area contributed by atoms with E-state index in [1.807, 2.05) is 0 Å². The maximum Gasteiger partial charge on any atom is 0.430 e. The number of rotatable bonds is 8. The molecule has 8 nitrogen and oxygen atoms in total. The molecule has 3 N–H and O–H groups in total. The van der Waals surface area contributed by atoms with Gasteiger partial charge in [0.2, 0.25) is 5.78 Å². The number of aliphatic carboxylic acids is 1. The third-order valence-electron chi connectivity index (χ3n) is 2.89. The molecule has 0 aliphatic carbocycles. The minimum Gasteiger partial charge on any atom is -0.542 e. The van der Waals surface area contributed by atoms with Crippen LogP contribution in [0.5, 0.6) is 0 Å². The summed E-state index contributed by atoms with van der Waals surface area (Å²) in [4.78, 5) is 35.2. The van der Waals surface area contributed by atoms with Gasteiger partial charge < -0.3 is 24.8 Å². The van der Waals surface area contributed by atoms with Crippen LogP contribution in [0.2, 0.25) is 0 Å². The number of carbonyl (C=O) groups is 3. The van der Waals surface area contributed by atoms with E-state index in [4.69, 9.17) is 14.3 Å². The number of hydrogen-bond donors (Lipinski definition) is 1. The van der Waals surface area contributed by atoms with Gasteiger partial charge in [-0.1, -0.05) is 6.42 Å². The molecule has 1 heterocycles. The van der Waals surface area contributed by atoms with Crippen LogP contribution in [0.3, 0.4) is 0 Å². The molecule has 1 unspecified atom stereocenters. The van der Waals surface area contributed by atoms with Gasteiger partial charge in [-0.3, -0.25) is 4.79 Å². The van der Waals surface area contributed by atoms with Crippen LogP contribution in [0.15, 0.2) is 16.9 Å². The van der Waals surface area contributed by atoms with Gasteiger partial charge in [0.05, 0.1) is 13.3 Å². The summed E-state index contributed by atoms with van der Waals surface area (Å²) in [6.45, 7) is 0. The highest BCUT2D eigenvalue weighted by molar-refractivity contribution is 5.91. The zero-order valence-corrected chi connectivity index (χ0v) is 13.5. The molecule has 0 fully saturated rings. The number of hydrogen-bond acceptors (Lipinski definition) is 7. The standard InChI is InChI=1S/C12H18N2O4.C2HF3O2/c1-17-12(16)9(13)5-3-2-4-6-10(15)11-14-7-8-18-11;3-2(4,5)1(6)7/h7-9H,2-6,13H2,1H3;(H,6,7). The van der Waals surface area contributed by atoms with Crippen LogP contribution in [-0.2, 0) is 14.3 Å². The van der Waals surface area contributed by atoms with E-state index in [1.54, 1.807) is 0 Å². The van der Waals surface area contributed by atoms with Gasteiger partial charge in [-0.15, -0.1) is 0 Å². The number of carboxylic acids is 1. The number of oxazole rings is 1. The van der Waals surface area contributed by atoms with Crippen molar-refractivity contribution in [2.45, 2.75) is 44.3 Å². The van der Waals surface area contributed by atoms with Crippen molar-refractivity contribution in [2.75, 3.05) is 7.11 Å². The van der Waals surface area contributed by atoms with E-state index in [2.05, 4.69) is 15.5 Å². The Labute approximate surface area is 141 Å². The topological polar surface area (TPSA) is 137 Å². The van der Waals surface area contributed by atoms with E-state index in [9.17, 15) is 22.8 Å². The van der Waals surface area contributed by atoms with Gasteiger partial charge in [0.15, 0.2) is 6.04 Å². The number of nitrogens with zero attached hydrogens (tertiary/aromatic N) is 1. The van der Waals surface area contributed by atoms with E-state index in [1.165, 1.54) is 19.6 Å². The molecule has 0 amide bonds. The number of methoxy groups -OCH3 is 1. The fourth-order valence-corrected chi connectivity index (χ4v) is 1.61. The Morgan fingerprint density at radius 1 is 1.32 bits per heavy atom. The Kier molecular flexibility index (Phi) is 10.1. The van der Waals surface area contributed by atoms with Gasteiger partial charge in [0.1, 0.15) is 12.2 Å². The van der Waals surface area contributed by atoms with Crippen molar-refractivity contribution in [3.8, 4) is 0 Å². The highest BCUT2D eigenvalue weighted by Crippen LogP contribution is 2.11. The number of halogens is 3. The van der Waals surface area contributed by atoms with Crippen LogP contribution in [0.1, 0.15) is 42.8 Å². The molecular formula is C14H19F3N2O6. The smallest absolute Gasteiger partial charge is 0.430 e. The molecule has 142 valence electrons. The average molecular weight is 368 g/mol. The minimum absolute atomic E-state index is 0.0841. The monoisotopic (exact) mass is 368 g/mol. The van der Waals surface area contributed by atoms with Crippen molar-refractivity contribution in [1.29, 1.82) is 0 Å². The van der Waals surface area contributed by atoms with E-state index in [0.29, 0.717) is 12.8 Å². The van der Waals surface area contributed by atoms with Crippen molar-refractivity contribution in [1.82, 2.24) is 4.98 Å². The molecule has 11 heteroatoms. The summed E-state index contributed by atoms with van der Waals surface area (Å²) in [5, 5.41) is 8.78. The maximum absolute atomic E-state index is 11.5. The lowest BCUT2D eigenvalue weighted by Crippen LogP contribution is -2.65. The Bertz CT molecular complexity index is 545. The van der Waals surface area contributed by atoms with E-state index < -0.39 is 12.1 Å². The summed E-state index contributed by atoms with van der Waals surface area (Å²) in [6, 6.07) is -0.322. The minimum atomic E-state index is -5.19. The number of ketones is 1. The van der Waals surface area contributed by atoms with Gasteiger partial charge in [-0.25, -0.2) is 9.78 Å². The van der Waals surface area contributed by atoms with Crippen molar-refractivity contribution in [3.05, 3.63) is 18.4 Å². The van der Waals surface area contributed by atoms with Crippen LogP contribution < -0.4 is 10.8 Å². The Balaban J connectivity index is 0.000000697. The second-order valence-corrected chi connectivity index (χ2v) is 4.87. The SMILES string of the molecule is COC(=O)C([NH3+])CCCCCC(=O)c1ncco1.O=C([O-])C(F)(F)F. The Morgan fingerprint density at radius 2 is 1.92 bits per heavy atom. The van der Waals surface area contributed by atoms with Crippen LogP contribution in [0, 0.1) is 0 Å². The number of esters is 1. The maximum atomic E-state index is 11.5. The normalized spacial score (nSPS) is 11.9. The molecule has 0 aromatic carbocycles. The first-order chi connectivity index (χ1) is 11.6. The van der Waals surface area contributed by atoms with Crippen LogP contribution >= 0.6 is 0 Å². The number of carbonyl (C=O) groups excluding carboxylic acids is 3. The zero-order valence-electron chi connectivity index (χ0n) is 13.5. The van der Waals surface area contributed by atoms with Crippen molar-refractivity contribution in [3.63, 3.8) is 0 Å². The van der Waals surface area contributed by atoms with Gasteiger partial charge in [0, 0.05) is 12.8 Å². The van der Waals surface area contributed by atoms with Crippen LogP contribution in [0.4, 0.5) is 13.2 Å². The summed E-state index contributed by atoms with van der Waals surface area (Å²) < 4.78 is 41.0. The van der Waals surface area contributed by atoms with Crippen molar-refractivity contribution >= 4 is 17.7 Å². The lowest BCUT2D eigenvalue weighted by molar-refractivity contribution is -0.409. The molecule has 0 radical (unpaired) electrons. The highest BCUT2D eigenvalue weighted by atomic mass is 19.4. The number of alkyl halides is 3. The molecule has 0 saturated carbocycles. The van der Waals surface area contributed by atoms with Crippen molar-refractivity contribution in [2.24, 2.45) is 0 Å². The third kappa shape index (κ3) is 10.1. The summed E-state index contributed by atoms with van der Waals surface area (Å²) >= 11 is 0. The van der Waals surface area contributed by atoms with Crippen molar-refractivity contribution < 1.29 is 47.5 Å². The molecule has 1 aromatic rings. The average Bonchev–Trinajstić information content (AvgIpc) is 3.07. The summed E-state index contributed by atoms with van der Waals surface area (Å²) in [7, 11) is 1.36. The molecule has 0 aliphatic rings. The quantitative estimate of drug-likeness (QED) is 0.384. The van der Waals surface area contributed by atoms with Gasteiger partial charge in [-0.2, -0.15) is 13.2 Å². The summed E-state index contributed by atoms with van der Waals surface area (Å²) in [6.07, 6.45) is 1.22. The van der Waals surface area contributed by atoms with E-state index >= 15 is 0 Å². The van der Waals surface area contributed by atoms with Gasteiger partial charge in [-0.05, 0) is 12.8 Å². The Hall–Kier alpha value is -2.43. The third-order valence-corrected chi connectivity index (χ3v) is 2.89. The molecule has 0 saturated heterocycles. The number of unbranched alkanes of at least 4 members (excludes halogenated alkanes) is 2. The molecule has 0 aliphatic heterocycles. The second-order valence-electron chi connectivity index (χ2n) is 4.87. The second kappa shape index (κ2) is 11.2. The first kappa shape index (κ1) is 22.6. The van der Waals surface area contributed by atoms with Crippen LogP contribution in [0.25, 0.3) is 0 Å². The van der Waals surface area contributed by atoms with E-state index in [0.717, 1.165) is 19.3 Å². The fraction of sp³-hybridized carbons (Fsp3) is 0.571. The number of aromatic nitrogens is 1. The molecule has 0 spiro atoms. The van der Waals surface area contributed by atoms with Gasteiger partial charge in [0.25, 0.3) is 5.89 Å². The predicted molar refractivity (Wildman–Crippen MR) is 73.7 cm³/mol. The number of quaternary nitrogens is 1. The lowest BCUT2D eigenvalue weighted by atomic mass is 10.1. The largest absolute Gasteiger partial charge is 0.542 e. The number of carboxylic acid groups (broad SMARTS) is 1. The molecule has 1 rings (SSSR count). The molecular weight excluding hydrogens is 349 g/mol. The number of Topliss-reactive ketones (excluding diaryl/α,β-unsaturated/α-hetero) is 1. The Morgan fingerprint density at radius 3 is 2.36 bits per heavy atom. The lowest BCUT2D eigenvalue weighted by Gasteiger charge is -2.05.